The first-order valence-corrected chi connectivity index (χ1v) is 8.34. The van der Waals surface area contributed by atoms with Gasteiger partial charge in [0.25, 0.3) is 0 Å². The van der Waals surface area contributed by atoms with Crippen molar-refractivity contribution in [1.82, 2.24) is 20.2 Å². The van der Waals surface area contributed by atoms with E-state index in [-0.39, 0.29) is 18.4 Å². The Hall–Kier alpha value is -2.31. The molecule has 1 heterocycles. The third kappa shape index (κ3) is 3.16. The summed E-state index contributed by atoms with van der Waals surface area (Å²) in [6.07, 6.45) is 4.10. The lowest BCUT2D eigenvalue weighted by Gasteiger charge is -2.27. The molecule has 0 saturated heterocycles. The zero-order chi connectivity index (χ0) is 17.0. The van der Waals surface area contributed by atoms with Gasteiger partial charge in [-0.15, -0.1) is 5.10 Å². The summed E-state index contributed by atoms with van der Waals surface area (Å²) in [5.41, 5.74) is -0.0661. The average molecular weight is 332 g/mol. The lowest BCUT2D eigenvalue weighted by molar-refractivity contribution is -0.152. The molecule has 0 N–H and O–H groups in total. The average Bonchev–Trinajstić information content (AvgIpc) is 3.23. The quantitative estimate of drug-likeness (QED) is 0.761. The molecule has 7 heteroatoms. The topological polar surface area (TPSA) is 69.9 Å². The molecule has 1 aromatic heterocycles. The highest BCUT2D eigenvalue weighted by atomic mass is 19.1. The molecular weight excluding hydrogens is 311 g/mol. The highest BCUT2D eigenvalue weighted by Gasteiger charge is 2.44. The molecule has 0 bridgehead atoms. The molecule has 0 radical (unpaired) electrons. The molecule has 1 aliphatic rings. The maximum Gasteiger partial charge on any atom is 0.317 e. The number of hydrogen-bond donors (Lipinski definition) is 0. The molecule has 2 aromatic rings. The minimum atomic E-state index is -0.759. The van der Waals surface area contributed by atoms with Crippen LogP contribution in [0.4, 0.5) is 4.39 Å². The number of aromatic nitrogens is 4. The van der Waals surface area contributed by atoms with Gasteiger partial charge in [-0.3, -0.25) is 4.79 Å². The van der Waals surface area contributed by atoms with Gasteiger partial charge >= 0.3 is 5.97 Å². The second kappa shape index (κ2) is 7.07. The van der Waals surface area contributed by atoms with Gasteiger partial charge in [-0.25, -0.2) is 9.07 Å². The third-order valence-electron chi connectivity index (χ3n) is 4.60. The Bertz CT molecular complexity index is 710. The van der Waals surface area contributed by atoms with E-state index in [1.165, 1.54) is 12.1 Å². The van der Waals surface area contributed by atoms with Gasteiger partial charge in [0.1, 0.15) is 5.82 Å². The number of ether oxygens (including phenoxy) is 1. The Morgan fingerprint density at radius 3 is 2.88 bits per heavy atom. The van der Waals surface area contributed by atoms with E-state index in [2.05, 4.69) is 15.5 Å². The van der Waals surface area contributed by atoms with Crippen molar-refractivity contribution in [3.8, 4) is 0 Å². The number of halogens is 1. The Morgan fingerprint density at radius 2 is 2.17 bits per heavy atom. The zero-order valence-electron chi connectivity index (χ0n) is 13.7. The molecule has 1 fully saturated rings. The number of esters is 1. The first-order valence-electron chi connectivity index (χ1n) is 8.34. The van der Waals surface area contributed by atoms with E-state index in [9.17, 15) is 9.18 Å². The van der Waals surface area contributed by atoms with Gasteiger partial charge < -0.3 is 4.74 Å². The van der Waals surface area contributed by atoms with Crippen LogP contribution in [0.25, 0.3) is 0 Å². The van der Waals surface area contributed by atoms with Gasteiger partial charge in [0, 0.05) is 6.54 Å². The summed E-state index contributed by atoms with van der Waals surface area (Å²) < 4.78 is 20.8. The van der Waals surface area contributed by atoms with Crippen LogP contribution in [0.1, 0.15) is 50.4 Å². The standard InChI is InChI=1S/C17H21FN4O2/c1-2-10-22-15(19-20-21-22)12-24-16(23)17(8-3-4-9-17)13-6-5-7-14(18)11-13/h5-7,11H,2-4,8-10,12H2,1H3. The van der Waals surface area contributed by atoms with Gasteiger partial charge in [-0.2, -0.15) is 0 Å². The fourth-order valence-corrected chi connectivity index (χ4v) is 3.36. The summed E-state index contributed by atoms with van der Waals surface area (Å²) in [6.45, 7) is 2.73. The van der Waals surface area contributed by atoms with Crippen LogP contribution in [-0.2, 0) is 28.1 Å². The van der Waals surface area contributed by atoms with E-state index in [1.54, 1.807) is 16.8 Å². The maximum absolute atomic E-state index is 13.6. The summed E-state index contributed by atoms with van der Waals surface area (Å²) in [4.78, 5) is 12.8. The fraction of sp³-hybridized carbons (Fsp3) is 0.529. The minimum absolute atomic E-state index is 0.0307. The van der Waals surface area contributed by atoms with E-state index in [0.717, 1.165) is 19.3 Å². The van der Waals surface area contributed by atoms with Crippen molar-refractivity contribution in [3.05, 3.63) is 41.5 Å². The predicted octanol–water partition coefficient (Wildman–Crippen LogP) is 2.78. The van der Waals surface area contributed by atoms with E-state index < -0.39 is 5.41 Å². The summed E-state index contributed by atoms with van der Waals surface area (Å²) in [7, 11) is 0. The first kappa shape index (κ1) is 16.5. The molecule has 0 spiro atoms. The summed E-state index contributed by atoms with van der Waals surface area (Å²) in [6, 6.07) is 6.26. The monoisotopic (exact) mass is 332 g/mol. The number of carbonyl (C=O) groups is 1. The van der Waals surface area contributed by atoms with Gasteiger partial charge in [0.15, 0.2) is 12.4 Å². The molecule has 0 atom stereocenters. The van der Waals surface area contributed by atoms with E-state index in [0.29, 0.717) is 30.8 Å². The van der Waals surface area contributed by atoms with Crippen molar-refractivity contribution < 1.29 is 13.9 Å². The molecule has 1 saturated carbocycles. The van der Waals surface area contributed by atoms with Crippen LogP contribution >= 0.6 is 0 Å². The molecule has 24 heavy (non-hydrogen) atoms. The lowest BCUT2D eigenvalue weighted by Crippen LogP contribution is -2.35. The lowest BCUT2D eigenvalue weighted by atomic mass is 9.79. The fourth-order valence-electron chi connectivity index (χ4n) is 3.36. The van der Waals surface area contributed by atoms with Crippen molar-refractivity contribution in [3.63, 3.8) is 0 Å². The highest BCUT2D eigenvalue weighted by molar-refractivity contribution is 5.83. The van der Waals surface area contributed by atoms with Gasteiger partial charge in [-0.1, -0.05) is 31.9 Å². The van der Waals surface area contributed by atoms with Gasteiger partial charge in [0.05, 0.1) is 5.41 Å². The van der Waals surface area contributed by atoms with Crippen LogP contribution in [0.5, 0.6) is 0 Å². The van der Waals surface area contributed by atoms with Crippen LogP contribution in [0.2, 0.25) is 0 Å². The maximum atomic E-state index is 13.6. The molecule has 1 aliphatic carbocycles. The van der Waals surface area contributed by atoms with E-state index in [1.807, 2.05) is 6.92 Å². The Labute approximate surface area is 140 Å². The van der Waals surface area contributed by atoms with E-state index in [4.69, 9.17) is 4.74 Å². The molecule has 0 unspecified atom stereocenters. The number of benzene rings is 1. The second-order valence-corrected chi connectivity index (χ2v) is 6.19. The molecule has 0 aliphatic heterocycles. The van der Waals surface area contributed by atoms with Gasteiger partial charge in [-0.05, 0) is 47.4 Å². The van der Waals surface area contributed by atoms with Crippen LogP contribution in [0.15, 0.2) is 24.3 Å². The molecule has 1 aromatic carbocycles. The predicted molar refractivity (Wildman–Crippen MR) is 84.5 cm³/mol. The first-order chi connectivity index (χ1) is 11.7. The normalized spacial score (nSPS) is 16.2. The molecule has 6 nitrogen and oxygen atoms in total. The largest absolute Gasteiger partial charge is 0.457 e. The Balaban J connectivity index is 1.77. The highest BCUT2D eigenvalue weighted by Crippen LogP contribution is 2.42. The Morgan fingerprint density at radius 1 is 1.38 bits per heavy atom. The van der Waals surface area contributed by atoms with Crippen molar-refractivity contribution in [2.75, 3.05) is 0 Å². The van der Waals surface area contributed by atoms with E-state index >= 15 is 0 Å². The summed E-state index contributed by atoms with van der Waals surface area (Å²) in [5, 5.41) is 11.4. The number of nitrogens with zero attached hydrogens (tertiary/aromatic N) is 4. The van der Waals surface area contributed by atoms with Crippen molar-refractivity contribution in [2.45, 2.75) is 57.6 Å². The van der Waals surface area contributed by atoms with Crippen molar-refractivity contribution in [2.24, 2.45) is 0 Å². The minimum Gasteiger partial charge on any atom is -0.457 e. The number of hydrogen-bond acceptors (Lipinski definition) is 5. The number of aryl methyl sites for hydroxylation is 1. The number of tetrazole rings is 1. The third-order valence-corrected chi connectivity index (χ3v) is 4.60. The zero-order valence-corrected chi connectivity index (χ0v) is 13.7. The molecule has 128 valence electrons. The molecule has 3 rings (SSSR count). The van der Waals surface area contributed by atoms with Crippen LogP contribution in [0, 0.1) is 5.82 Å². The second-order valence-electron chi connectivity index (χ2n) is 6.19. The van der Waals surface area contributed by atoms with Crippen LogP contribution in [-0.4, -0.2) is 26.2 Å². The van der Waals surface area contributed by atoms with Gasteiger partial charge in [0.2, 0.25) is 0 Å². The summed E-state index contributed by atoms with van der Waals surface area (Å²) in [5.74, 6) is -0.132. The smallest absolute Gasteiger partial charge is 0.317 e. The number of carbonyl (C=O) groups excluding carboxylic acids is 1. The summed E-state index contributed by atoms with van der Waals surface area (Å²) >= 11 is 0. The molecule has 0 amide bonds. The van der Waals surface area contributed by atoms with Crippen molar-refractivity contribution in [1.29, 1.82) is 0 Å². The van der Waals surface area contributed by atoms with Crippen LogP contribution in [0.3, 0.4) is 0 Å². The van der Waals surface area contributed by atoms with Crippen LogP contribution < -0.4 is 0 Å². The van der Waals surface area contributed by atoms with Crippen molar-refractivity contribution >= 4 is 5.97 Å². The SMILES string of the molecule is CCCn1nnnc1COC(=O)C1(c2cccc(F)c2)CCCC1. The molecular formula is C17H21FN4O2. The number of rotatable bonds is 6. The Kier molecular flexibility index (Phi) is 4.87.